The zero-order valence-corrected chi connectivity index (χ0v) is 12.5. The Morgan fingerprint density at radius 3 is 2.55 bits per heavy atom. The SMILES string of the molecule is CC(NC1CCCC(C(F)(F)F)C1)C1CCCN(C)C1. The van der Waals surface area contributed by atoms with Crippen molar-refractivity contribution in [3.63, 3.8) is 0 Å². The van der Waals surface area contributed by atoms with Crippen molar-refractivity contribution in [2.75, 3.05) is 20.1 Å². The van der Waals surface area contributed by atoms with Crippen molar-refractivity contribution in [1.82, 2.24) is 10.2 Å². The predicted molar refractivity (Wildman–Crippen MR) is 74.6 cm³/mol. The van der Waals surface area contributed by atoms with E-state index in [0.717, 1.165) is 19.5 Å². The number of piperidine rings is 1. The van der Waals surface area contributed by atoms with Crippen LogP contribution in [0.1, 0.15) is 45.4 Å². The standard InChI is InChI=1S/C15H27F3N2/c1-11(12-5-4-8-20(2)10-12)19-14-7-3-6-13(9-14)15(16,17)18/h11-14,19H,3-10H2,1-2H3. The van der Waals surface area contributed by atoms with Crippen molar-refractivity contribution < 1.29 is 13.2 Å². The monoisotopic (exact) mass is 292 g/mol. The molecule has 0 radical (unpaired) electrons. The smallest absolute Gasteiger partial charge is 0.311 e. The van der Waals surface area contributed by atoms with Crippen molar-refractivity contribution in [3.8, 4) is 0 Å². The van der Waals surface area contributed by atoms with Gasteiger partial charge in [-0.05, 0) is 58.5 Å². The van der Waals surface area contributed by atoms with E-state index in [2.05, 4.69) is 24.2 Å². The van der Waals surface area contributed by atoms with Gasteiger partial charge in [0.05, 0.1) is 5.92 Å². The topological polar surface area (TPSA) is 15.3 Å². The van der Waals surface area contributed by atoms with Crippen LogP contribution >= 0.6 is 0 Å². The van der Waals surface area contributed by atoms with E-state index in [0.29, 0.717) is 24.8 Å². The van der Waals surface area contributed by atoms with Crippen LogP contribution in [0.25, 0.3) is 0 Å². The summed E-state index contributed by atoms with van der Waals surface area (Å²) in [4.78, 5) is 2.33. The lowest BCUT2D eigenvalue weighted by molar-refractivity contribution is -0.184. The van der Waals surface area contributed by atoms with E-state index in [4.69, 9.17) is 0 Å². The van der Waals surface area contributed by atoms with E-state index in [1.807, 2.05) is 0 Å². The van der Waals surface area contributed by atoms with Gasteiger partial charge in [-0.15, -0.1) is 0 Å². The lowest BCUT2D eigenvalue weighted by Crippen LogP contribution is -2.48. The molecule has 4 unspecified atom stereocenters. The largest absolute Gasteiger partial charge is 0.391 e. The Bertz CT molecular complexity index is 306. The third-order valence-electron chi connectivity index (χ3n) is 5.00. The molecular formula is C15H27F3N2. The van der Waals surface area contributed by atoms with E-state index in [1.54, 1.807) is 0 Å². The number of rotatable bonds is 3. The number of nitrogens with one attached hydrogen (secondary N) is 1. The first kappa shape index (κ1) is 16.1. The van der Waals surface area contributed by atoms with Gasteiger partial charge in [-0.2, -0.15) is 13.2 Å². The average molecular weight is 292 g/mol. The molecule has 118 valence electrons. The van der Waals surface area contributed by atoms with Gasteiger partial charge >= 0.3 is 6.18 Å². The number of hydrogen-bond acceptors (Lipinski definition) is 2. The normalized spacial score (nSPS) is 35.0. The first-order valence-electron chi connectivity index (χ1n) is 7.87. The zero-order valence-electron chi connectivity index (χ0n) is 12.5. The molecule has 2 fully saturated rings. The minimum atomic E-state index is -4.02. The molecule has 2 rings (SSSR count). The van der Waals surface area contributed by atoms with Gasteiger partial charge in [0.15, 0.2) is 0 Å². The molecule has 4 atom stereocenters. The fourth-order valence-corrected chi connectivity index (χ4v) is 3.76. The maximum absolute atomic E-state index is 12.8. The molecule has 1 aliphatic carbocycles. The van der Waals surface area contributed by atoms with Crippen LogP contribution in [0.3, 0.4) is 0 Å². The molecule has 2 nitrogen and oxygen atoms in total. The molecule has 5 heteroatoms. The molecular weight excluding hydrogens is 265 g/mol. The first-order chi connectivity index (χ1) is 9.36. The molecule has 1 heterocycles. The van der Waals surface area contributed by atoms with Crippen LogP contribution in [-0.4, -0.2) is 43.3 Å². The van der Waals surface area contributed by atoms with Gasteiger partial charge in [0.25, 0.3) is 0 Å². The summed E-state index contributed by atoms with van der Waals surface area (Å²) >= 11 is 0. The minimum absolute atomic E-state index is 0.0395. The predicted octanol–water partition coefficient (Wildman–Crippen LogP) is 3.43. The van der Waals surface area contributed by atoms with E-state index in [-0.39, 0.29) is 12.5 Å². The fourth-order valence-electron chi connectivity index (χ4n) is 3.76. The van der Waals surface area contributed by atoms with Gasteiger partial charge in [0, 0.05) is 18.6 Å². The Kier molecular flexibility index (Phi) is 5.35. The highest BCUT2D eigenvalue weighted by Crippen LogP contribution is 2.37. The van der Waals surface area contributed by atoms with Crippen LogP contribution in [0, 0.1) is 11.8 Å². The Balaban J connectivity index is 1.83. The number of likely N-dealkylation sites (tertiary alicyclic amines) is 1. The summed E-state index contributed by atoms with van der Waals surface area (Å²) in [6.07, 6.45) is 0.517. The second kappa shape index (κ2) is 6.65. The first-order valence-corrected chi connectivity index (χ1v) is 7.87. The molecule has 0 aromatic rings. The second-order valence-corrected chi connectivity index (χ2v) is 6.72. The molecule has 0 amide bonds. The van der Waals surface area contributed by atoms with Gasteiger partial charge in [0.1, 0.15) is 0 Å². The van der Waals surface area contributed by atoms with E-state index < -0.39 is 12.1 Å². The molecule has 1 aliphatic heterocycles. The molecule has 1 N–H and O–H groups in total. The average Bonchev–Trinajstić information content (AvgIpc) is 2.38. The molecule has 2 aliphatic rings. The molecule has 1 saturated carbocycles. The third-order valence-corrected chi connectivity index (χ3v) is 5.00. The highest BCUT2D eigenvalue weighted by atomic mass is 19.4. The van der Waals surface area contributed by atoms with Crippen LogP contribution in [0.5, 0.6) is 0 Å². The van der Waals surface area contributed by atoms with Crippen molar-refractivity contribution in [3.05, 3.63) is 0 Å². The van der Waals surface area contributed by atoms with E-state index in [1.165, 1.54) is 12.8 Å². The number of halogens is 3. The molecule has 0 spiro atoms. The Hall–Kier alpha value is -0.290. The lowest BCUT2D eigenvalue weighted by Gasteiger charge is -2.38. The van der Waals surface area contributed by atoms with Gasteiger partial charge in [-0.3, -0.25) is 0 Å². The van der Waals surface area contributed by atoms with Gasteiger partial charge in [0.2, 0.25) is 0 Å². The molecule has 20 heavy (non-hydrogen) atoms. The molecule has 1 saturated heterocycles. The summed E-state index contributed by atoms with van der Waals surface area (Å²) < 4.78 is 38.5. The molecule has 0 bridgehead atoms. The quantitative estimate of drug-likeness (QED) is 0.857. The highest BCUT2D eigenvalue weighted by Gasteiger charge is 2.42. The summed E-state index contributed by atoms with van der Waals surface area (Å²) in [7, 11) is 2.12. The Morgan fingerprint density at radius 2 is 1.90 bits per heavy atom. The summed E-state index contributed by atoms with van der Waals surface area (Å²) in [6, 6.07) is 0.354. The van der Waals surface area contributed by atoms with Crippen LogP contribution < -0.4 is 5.32 Å². The third kappa shape index (κ3) is 4.35. The highest BCUT2D eigenvalue weighted by molar-refractivity contribution is 4.86. The van der Waals surface area contributed by atoms with Crippen LogP contribution in [0.2, 0.25) is 0 Å². The number of hydrogen-bond donors (Lipinski definition) is 1. The summed E-state index contributed by atoms with van der Waals surface area (Å²) in [6.45, 7) is 4.34. The van der Waals surface area contributed by atoms with Gasteiger partial charge in [-0.1, -0.05) is 6.42 Å². The van der Waals surface area contributed by atoms with Gasteiger partial charge in [-0.25, -0.2) is 0 Å². The van der Waals surface area contributed by atoms with Crippen LogP contribution in [-0.2, 0) is 0 Å². The second-order valence-electron chi connectivity index (χ2n) is 6.72. The van der Waals surface area contributed by atoms with Crippen molar-refractivity contribution >= 4 is 0 Å². The van der Waals surface area contributed by atoms with Crippen molar-refractivity contribution in [2.24, 2.45) is 11.8 Å². The summed E-state index contributed by atoms with van der Waals surface area (Å²) in [5, 5.41) is 3.48. The molecule has 0 aromatic carbocycles. The maximum atomic E-state index is 12.8. The van der Waals surface area contributed by atoms with Gasteiger partial charge < -0.3 is 10.2 Å². The Labute approximate surface area is 120 Å². The van der Waals surface area contributed by atoms with Crippen molar-refractivity contribution in [2.45, 2.75) is 63.7 Å². The minimum Gasteiger partial charge on any atom is -0.311 e. The zero-order chi connectivity index (χ0) is 14.8. The number of nitrogens with zero attached hydrogens (tertiary/aromatic N) is 1. The maximum Gasteiger partial charge on any atom is 0.391 e. The summed E-state index contributed by atoms with van der Waals surface area (Å²) in [5.74, 6) is -0.532. The van der Waals surface area contributed by atoms with E-state index >= 15 is 0 Å². The molecule has 0 aromatic heterocycles. The lowest BCUT2D eigenvalue weighted by atomic mass is 9.83. The summed E-state index contributed by atoms with van der Waals surface area (Å²) in [5.41, 5.74) is 0. The van der Waals surface area contributed by atoms with Crippen LogP contribution in [0.4, 0.5) is 13.2 Å². The van der Waals surface area contributed by atoms with Crippen molar-refractivity contribution in [1.29, 1.82) is 0 Å². The fraction of sp³-hybridized carbons (Fsp3) is 1.00. The van der Waals surface area contributed by atoms with Crippen LogP contribution in [0.15, 0.2) is 0 Å². The van der Waals surface area contributed by atoms with E-state index in [9.17, 15) is 13.2 Å². The number of alkyl halides is 3. The Morgan fingerprint density at radius 1 is 1.15 bits per heavy atom.